The van der Waals surface area contributed by atoms with Crippen LogP contribution in [0.5, 0.6) is 5.75 Å². The lowest BCUT2D eigenvalue weighted by atomic mass is 9.98. The van der Waals surface area contributed by atoms with Gasteiger partial charge in [-0.15, -0.1) is 0 Å². The van der Waals surface area contributed by atoms with Crippen molar-refractivity contribution in [2.75, 3.05) is 41.5 Å². The first-order valence-electron chi connectivity index (χ1n) is 10.7. The number of thioether (sulfide) groups is 1. The summed E-state index contributed by atoms with van der Waals surface area (Å²) in [4.78, 5) is 15.6. The molecule has 3 aromatic carbocycles. The lowest BCUT2D eigenvalue weighted by Gasteiger charge is -2.29. The third-order valence-electron chi connectivity index (χ3n) is 5.55. The Kier molecular flexibility index (Phi) is 7.43. The highest BCUT2D eigenvalue weighted by molar-refractivity contribution is 7.99. The Morgan fingerprint density at radius 1 is 1.12 bits per heavy atom. The lowest BCUT2D eigenvalue weighted by Crippen LogP contribution is -2.32. The Morgan fingerprint density at radius 3 is 2.67 bits per heavy atom. The van der Waals surface area contributed by atoms with Crippen LogP contribution >= 0.6 is 23.4 Å². The highest BCUT2D eigenvalue weighted by atomic mass is 35.5. The van der Waals surface area contributed by atoms with Gasteiger partial charge in [-0.3, -0.25) is 4.79 Å². The minimum absolute atomic E-state index is 0.183. The average molecular weight is 478 g/mol. The summed E-state index contributed by atoms with van der Waals surface area (Å²) in [6.07, 6.45) is 0. The molecule has 0 bridgehead atoms. The van der Waals surface area contributed by atoms with Gasteiger partial charge in [0.05, 0.1) is 17.2 Å². The van der Waals surface area contributed by atoms with Crippen LogP contribution in [-0.2, 0) is 0 Å². The van der Waals surface area contributed by atoms with Crippen LogP contribution in [0, 0.1) is 18.3 Å². The van der Waals surface area contributed by atoms with Crippen LogP contribution in [0.1, 0.15) is 27.0 Å². The number of carbonyl (C=O) groups excluding carboxylic acids is 1. The van der Waals surface area contributed by atoms with Crippen LogP contribution in [-0.4, -0.2) is 37.1 Å². The van der Waals surface area contributed by atoms with Crippen molar-refractivity contribution in [3.05, 3.63) is 87.9 Å². The lowest BCUT2D eigenvalue weighted by molar-refractivity contribution is 0.103. The number of nitriles is 1. The van der Waals surface area contributed by atoms with Crippen LogP contribution in [0.3, 0.4) is 0 Å². The average Bonchev–Trinajstić information content (AvgIpc) is 2.85. The van der Waals surface area contributed by atoms with E-state index in [4.69, 9.17) is 16.3 Å². The van der Waals surface area contributed by atoms with Gasteiger partial charge in [-0.05, 0) is 61.0 Å². The van der Waals surface area contributed by atoms with Gasteiger partial charge < -0.3 is 15.0 Å². The molecule has 0 radical (unpaired) electrons. The number of nitrogens with zero attached hydrogens (tertiary/aromatic N) is 2. The van der Waals surface area contributed by atoms with E-state index in [0.717, 1.165) is 35.8 Å². The predicted octanol–water partition coefficient (Wildman–Crippen LogP) is 5.75. The molecule has 3 aromatic rings. The molecule has 0 atom stereocenters. The summed E-state index contributed by atoms with van der Waals surface area (Å²) < 4.78 is 5.93. The van der Waals surface area contributed by atoms with Crippen molar-refractivity contribution in [2.24, 2.45) is 0 Å². The maximum Gasteiger partial charge on any atom is 0.198 e. The number of rotatable bonds is 7. The van der Waals surface area contributed by atoms with Crippen molar-refractivity contribution in [1.29, 1.82) is 5.26 Å². The Morgan fingerprint density at radius 2 is 1.91 bits per heavy atom. The number of carbonyl (C=O) groups is 1. The van der Waals surface area contributed by atoms with E-state index in [9.17, 15) is 10.1 Å². The van der Waals surface area contributed by atoms with E-state index in [2.05, 4.69) is 41.4 Å². The Hall–Kier alpha value is -3.14. The summed E-state index contributed by atoms with van der Waals surface area (Å²) in [6.45, 7) is 4.40. The van der Waals surface area contributed by atoms with Crippen molar-refractivity contribution in [3.8, 4) is 11.8 Å². The molecule has 0 aromatic heterocycles. The van der Waals surface area contributed by atoms with Gasteiger partial charge in [0, 0.05) is 46.6 Å². The minimum Gasteiger partial charge on any atom is -0.473 e. The quantitative estimate of drug-likeness (QED) is 0.345. The molecule has 4 rings (SSSR count). The Bertz CT molecular complexity index is 1200. The van der Waals surface area contributed by atoms with Gasteiger partial charge in [-0.1, -0.05) is 23.7 Å². The number of benzene rings is 3. The Labute approximate surface area is 203 Å². The van der Waals surface area contributed by atoms with Crippen molar-refractivity contribution in [2.45, 2.75) is 6.92 Å². The first-order valence-corrected chi connectivity index (χ1v) is 12.2. The zero-order chi connectivity index (χ0) is 23.2. The van der Waals surface area contributed by atoms with Crippen LogP contribution < -0.4 is 15.0 Å². The number of anilines is 2. The molecule has 0 amide bonds. The normalized spacial score (nSPS) is 13.3. The molecule has 1 fully saturated rings. The number of ketones is 1. The standard InChI is InChI=1S/C26H24ClN3O2S/c1-18-14-21(30-10-12-33-13-11-30)7-8-24(18)29-17-32-25-9-6-20(27)15-23(25)26(31)22-5-3-2-4-19(22)16-28/h2-9,14-15,29H,10-13,17H2,1H3. The smallest absolute Gasteiger partial charge is 0.198 e. The van der Waals surface area contributed by atoms with E-state index in [1.54, 1.807) is 42.5 Å². The molecule has 168 valence electrons. The molecular formula is C26H24ClN3O2S. The second kappa shape index (κ2) is 10.7. The highest BCUT2D eigenvalue weighted by Crippen LogP contribution is 2.28. The fourth-order valence-corrected chi connectivity index (χ4v) is 4.86. The van der Waals surface area contributed by atoms with Crippen molar-refractivity contribution < 1.29 is 9.53 Å². The topological polar surface area (TPSA) is 65.4 Å². The maximum absolute atomic E-state index is 13.2. The second-order valence-electron chi connectivity index (χ2n) is 7.69. The van der Waals surface area contributed by atoms with Gasteiger partial charge >= 0.3 is 0 Å². The summed E-state index contributed by atoms with van der Waals surface area (Å²) in [5.74, 6) is 2.43. The fraction of sp³-hybridized carbons (Fsp3) is 0.231. The molecule has 1 aliphatic rings. The molecule has 0 saturated carbocycles. The van der Waals surface area contributed by atoms with E-state index in [0.29, 0.717) is 27.5 Å². The van der Waals surface area contributed by atoms with Gasteiger partial charge in [0.25, 0.3) is 0 Å². The third-order valence-corrected chi connectivity index (χ3v) is 6.73. The maximum atomic E-state index is 13.2. The molecule has 1 N–H and O–H groups in total. The second-order valence-corrected chi connectivity index (χ2v) is 9.35. The largest absolute Gasteiger partial charge is 0.473 e. The summed E-state index contributed by atoms with van der Waals surface area (Å²) >= 11 is 8.15. The zero-order valence-electron chi connectivity index (χ0n) is 18.3. The molecule has 7 heteroatoms. The molecular weight excluding hydrogens is 454 g/mol. The number of aryl methyl sites for hydroxylation is 1. The molecule has 1 saturated heterocycles. The van der Waals surface area contributed by atoms with Crippen LogP contribution in [0.2, 0.25) is 5.02 Å². The highest BCUT2D eigenvalue weighted by Gasteiger charge is 2.19. The number of halogens is 1. The molecule has 0 spiro atoms. The van der Waals surface area contributed by atoms with Gasteiger partial charge in [-0.25, -0.2) is 0 Å². The summed E-state index contributed by atoms with van der Waals surface area (Å²) in [7, 11) is 0. The number of ether oxygens (including phenoxy) is 1. The first-order chi connectivity index (χ1) is 16.1. The van der Waals surface area contributed by atoms with Gasteiger partial charge in [-0.2, -0.15) is 17.0 Å². The van der Waals surface area contributed by atoms with Crippen molar-refractivity contribution >= 4 is 40.5 Å². The summed E-state index contributed by atoms with van der Waals surface area (Å²) in [5.41, 5.74) is 4.30. The van der Waals surface area contributed by atoms with E-state index >= 15 is 0 Å². The number of nitrogens with one attached hydrogen (secondary N) is 1. The molecule has 33 heavy (non-hydrogen) atoms. The van der Waals surface area contributed by atoms with Gasteiger partial charge in [0.1, 0.15) is 5.75 Å². The van der Waals surface area contributed by atoms with E-state index in [1.807, 2.05) is 11.8 Å². The van der Waals surface area contributed by atoms with E-state index in [-0.39, 0.29) is 12.5 Å². The zero-order valence-corrected chi connectivity index (χ0v) is 19.9. The molecule has 5 nitrogen and oxygen atoms in total. The van der Waals surface area contributed by atoms with Crippen molar-refractivity contribution in [1.82, 2.24) is 0 Å². The van der Waals surface area contributed by atoms with Crippen LogP contribution in [0.4, 0.5) is 11.4 Å². The first kappa shape index (κ1) is 23.0. The molecule has 0 unspecified atom stereocenters. The number of hydrogen-bond donors (Lipinski definition) is 1. The molecule has 1 heterocycles. The molecule has 1 aliphatic heterocycles. The van der Waals surface area contributed by atoms with Crippen LogP contribution in [0.25, 0.3) is 0 Å². The minimum atomic E-state index is -0.301. The van der Waals surface area contributed by atoms with Gasteiger partial charge in [0.15, 0.2) is 12.5 Å². The van der Waals surface area contributed by atoms with E-state index < -0.39 is 0 Å². The third kappa shape index (κ3) is 5.44. The van der Waals surface area contributed by atoms with Crippen LogP contribution in [0.15, 0.2) is 60.7 Å². The SMILES string of the molecule is Cc1cc(N2CCSCC2)ccc1NCOc1ccc(Cl)cc1C(=O)c1ccccc1C#N. The van der Waals surface area contributed by atoms with Crippen molar-refractivity contribution in [3.63, 3.8) is 0 Å². The summed E-state index contributed by atoms with van der Waals surface area (Å²) in [5, 5.41) is 13.1. The summed E-state index contributed by atoms with van der Waals surface area (Å²) in [6, 6.07) is 20.1. The predicted molar refractivity (Wildman–Crippen MR) is 136 cm³/mol. The Balaban J connectivity index is 1.47. The fourth-order valence-electron chi connectivity index (χ4n) is 3.79. The number of hydrogen-bond acceptors (Lipinski definition) is 6. The monoisotopic (exact) mass is 477 g/mol. The molecule has 0 aliphatic carbocycles. The van der Waals surface area contributed by atoms with Gasteiger partial charge in [0.2, 0.25) is 0 Å². The van der Waals surface area contributed by atoms with E-state index in [1.165, 1.54) is 5.69 Å².